The Labute approximate surface area is 155 Å². The standard InChI is InChI=1S/C19H16ClN3O3/c1-26-16-4-2-3-13(11-16)17-9-10-19(25)23(22-17)12-18(24)21-15-7-5-14(20)6-8-15/h2-11H,12H2,1H3,(H,21,24). The van der Waals surface area contributed by atoms with E-state index in [1.807, 2.05) is 24.3 Å². The summed E-state index contributed by atoms with van der Waals surface area (Å²) in [6.07, 6.45) is 0. The maximum atomic E-state index is 12.2. The van der Waals surface area contributed by atoms with Crippen molar-refractivity contribution < 1.29 is 9.53 Å². The zero-order valence-electron chi connectivity index (χ0n) is 14.0. The van der Waals surface area contributed by atoms with Crippen LogP contribution in [-0.4, -0.2) is 22.8 Å². The van der Waals surface area contributed by atoms with Crippen LogP contribution in [0.1, 0.15) is 0 Å². The minimum atomic E-state index is -0.358. The number of rotatable bonds is 5. The second kappa shape index (κ2) is 7.84. The van der Waals surface area contributed by atoms with Gasteiger partial charge in [-0.25, -0.2) is 4.68 Å². The van der Waals surface area contributed by atoms with Crippen molar-refractivity contribution in [2.24, 2.45) is 0 Å². The molecule has 1 amide bonds. The van der Waals surface area contributed by atoms with Crippen LogP contribution in [0, 0.1) is 0 Å². The van der Waals surface area contributed by atoms with Gasteiger partial charge in [-0.2, -0.15) is 5.10 Å². The van der Waals surface area contributed by atoms with E-state index < -0.39 is 0 Å². The van der Waals surface area contributed by atoms with Crippen molar-refractivity contribution >= 4 is 23.2 Å². The maximum absolute atomic E-state index is 12.2. The van der Waals surface area contributed by atoms with Crippen LogP contribution in [0.5, 0.6) is 5.75 Å². The Morgan fingerprint density at radius 1 is 1.15 bits per heavy atom. The number of hydrogen-bond acceptors (Lipinski definition) is 4. The number of ether oxygens (including phenoxy) is 1. The first-order chi connectivity index (χ1) is 12.5. The zero-order valence-corrected chi connectivity index (χ0v) is 14.7. The minimum absolute atomic E-state index is 0.195. The van der Waals surface area contributed by atoms with Gasteiger partial charge in [0.1, 0.15) is 12.3 Å². The van der Waals surface area contributed by atoms with E-state index >= 15 is 0 Å². The summed E-state index contributed by atoms with van der Waals surface area (Å²) < 4.78 is 6.32. The number of carbonyl (C=O) groups is 1. The highest BCUT2D eigenvalue weighted by molar-refractivity contribution is 6.30. The second-order valence-corrected chi connectivity index (χ2v) is 5.94. The molecule has 6 nitrogen and oxygen atoms in total. The monoisotopic (exact) mass is 369 g/mol. The smallest absolute Gasteiger partial charge is 0.267 e. The fourth-order valence-electron chi connectivity index (χ4n) is 2.37. The largest absolute Gasteiger partial charge is 0.497 e. The Morgan fingerprint density at radius 2 is 1.92 bits per heavy atom. The molecule has 0 bridgehead atoms. The molecule has 0 fully saturated rings. The van der Waals surface area contributed by atoms with Crippen LogP contribution in [-0.2, 0) is 11.3 Å². The van der Waals surface area contributed by atoms with E-state index in [9.17, 15) is 9.59 Å². The number of anilines is 1. The van der Waals surface area contributed by atoms with Crippen molar-refractivity contribution in [1.82, 2.24) is 9.78 Å². The van der Waals surface area contributed by atoms with Crippen LogP contribution in [0.2, 0.25) is 5.02 Å². The highest BCUT2D eigenvalue weighted by Crippen LogP contribution is 2.21. The molecule has 26 heavy (non-hydrogen) atoms. The predicted molar refractivity (Wildman–Crippen MR) is 101 cm³/mol. The molecule has 1 heterocycles. The fraction of sp³-hybridized carbons (Fsp3) is 0.105. The molecule has 3 rings (SSSR count). The highest BCUT2D eigenvalue weighted by atomic mass is 35.5. The molecule has 7 heteroatoms. The molecule has 0 unspecified atom stereocenters. The molecule has 0 aliphatic rings. The molecule has 2 aromatic carbocycles. The Bertz CT molecular complexity index is 984. The first-order valence-electron chi connectivity index (χ1n) is 7.83. The van der Waals surface area contributed by atoms with Crippen LogP contribution in [0.15, 0.2) is 65.5 Å². The van der Waals surface area contributed by atoms with Gasteiger partial charge in [-0.1, -0.05) is 23.7 Å². The third-order valence-corrected chi connectivity index (χ3v) is 3.91. The SMILES string of the molecule is COc1cccc(-c2ccc(=O)n(CC(=O)Nc3ccc(Cl)cc3)n2)c1. The van der Waals surface area contributed by atoms with Gasteiger partial charge in [-0.15, -0.1) is 0 Å². The molecule has 0 aliphatic heterocycles. The van der Waals surface area contributed by atoms with E-state index in [4.69, 9.17) is 16.3 Å². The van der Waals surface area contributed by atoms with Gasteiger partial charge in [0.15, 0.2) is 0 Å². The van der Waals surface area contributed by atoms with Crippen molar-refractivity contribution in [3.8, 4) is 17.0 Å². The highest BCUT2D eigenvalue weighted by Gasteiger charge is 2.09. The summed E-state index contributed by atoms with van der Waals surface area (Å²) >= 11 is 5.82. The lowest BCUT2D eigenvalue weighted by Gasteiger charge is -2.09. The molecule has 1 aromatic heterocycles. The summed E-state index contributed by atoms with van der Waals surface area (Å²) in [6, 6.07) is 17.0. The molecule has 1 N–H and O–H groups in total. The first-order valence-corrected chi connectivity index (χ1v) is 8.21. The molecule has 0 radical (unpaired) electrons. The summed E-state index contributed by atoms with van der Waals surface area (Å²) in [4.78, 5) is 24.2. The molecule has 0 saturated heterocycles. The summed E-state index contributed by atoms with van der Waals surface area (Å²) in [5, 5.41) is 7.56. The number of methoxy groups -OCH3 is 1. The zero-order chi connectivity index (χ0) is 18.5. The summed E-state index contributed by atoms with van der Waals surface area (Å²) in [7, 11) is 1.58. The van der Waals surface area contributed by atoms with Gasteiger partial charge in [0.2, 0.25) is 5.91 Å². The number of halogens is 1. The molecular formula is C19H16ClN3O3. The molecule has 0 spiro atoms. The summed E-state index contributed by atoms with van der Waals surface area (Å²) in [6.45, 7) is -0.195. The average Bonchev–Trinajstić information content (AvgIpc) is 2.65. The molecule has 132 valence electrons. The Hall–Kier alpha value is -3.12. The number of aromatic nitrogens is 2. The van der Waals surface area contributed by atoms with Crippen molar-refractivity contribution in [2.45, 2.75) is 6.54 Å². The number of carbonyl (C=O) groups excluding carboxylic acids is 1. The van der Waals surface area contributed by atoms with E-state index in [1.54, 1.807) is 37.4 Å². The normalized spacial score (nSPS) is 10.4. The van der Waals surface area contributed by atoms with Crippen molar-refractivity contribution in [2.75, 3.05) is 12.4 Å². The van der Waals surface area contributed by atoms with E-state index in [2.05, 4.69) is 10.4 Å². The Kier molecular flexibility index (Phi) is 5.34. The van der Waals surface area contributed by atoms with E-state index in [0.717, 1.165) is 10.2 Å². The molecular weight excluding hydrogens is 354 g/mol. The molecule has 0 saturated carbocycles. The topological polar surface area (TPSA) is 73.2 Å². The number of amides is 1. The summed E-state index contributed by atoms with van der Waals surface area (Å²) in [5.74, 6) is 0.326. The number of nitrogens with one attached hydrogen (secondary N) is 1. The van der Waals surface area contributed by atoms with Gasteiger partial charge in [-0.05, 0) is 42.5 Å². The quantitative estimate of drug-likeness (QED) is 0.749. The Balaban J connectivity index is 1.80. The van der Waals surface area contributed by atoms with Crippen LogP contribution in [0.4, 0.5) is 5.69 Å². The number of benzene rings is 2. The summed E-state index contributed by atoms with van der Waals surface area (Å²) in [5.41, 5.74) is 1.60. The van der Waals surface area contributed by atoms with Gasteiger partial charge in [-0.3, -0.25) is 9.59 Å². The molecule has 3 aromatic rings. The third kappa shape index (κ3) is 4.29. The van der Waals surface area contributed by atoms with Gasteiger partial charge in [0, 0.05) is 22.3 Å². The van der Waals surface area contributed by atoms with E-state index in [1.165, 1.54) is 6.07 Å². The number of nitrogens with zero attached hydrogens (tertiary/aromatic N) is 2. The van der Waals surface area contributed by atoms with Crippen molar-refractivity contribution in [3.05, 3.63) is 76.0 Å². The fourth-order valence-corrected chi connectivity index (χ4v) is 2.49. The third-order valence-electron chi connectivity index (χ3n) is 3.65. The van der Waals surface area contributed by atoms with E-state index in [-0.39, 0.29) is 18.0 Å². The van der Waals surface area contributed by atoms with Gasteiger partial charge < -0.3 is 10.1 Å². The Morgan fingerprint density at radius 3 is 2.65 bits per heavy atom. The van der Waals surface area contributed by atoms with Gasteiger partial charge >= 0.3 is 0 Å². The first kappa shape index (κ1) is 17.7. The van der Waals surface area contributed by atoms with Gasteiger partial charge in [0.25, 0.3) is 5.56 Å². The van der Waals surface area contributed by atoms with Crippen LogP contribution < -0.4 is 15.6 Å². The van der Waals surface area contributed by atoms with Crippen LogP contribution >= 0.6 is 11.6 Å². The minimum Gasteiger partial charge on any atom is -0.497 e. The molecule has 0 aliphatic carbocycles. The average molecular weight is 370 g/mol. The maximum Gasteiger partial charge on any atom is 0.267 e. The lowest BCUT2D eigenvalue weighted by atomic mass is 10.1. The number of hydrogen-bond donors (Lipinski definition) is 1. The van der Waals surface area contributed by atoms with Crippen molar-refractivity contribution in [3.63, 3.8) is 0 Å². The van der Waals surface area contributed by atoms with Crippen LogP contribution in [0.3, 0.4) is 0 Å². The lowest BCUT2D eigenvalue weighted by Crippen LogP contribution is -2.29. The lowest BCUT2D eigenvalue weighted by molar-refractivity contribution is -0.117. The second-order valence-electron chi connectivity index (χ2n) is 5.50. The van der Waals surface area contributed by atoms with E-state index in [0.29, 0.717) is 22.2 Å². The van der Waals surface area contributed by atoms with Gasteiger partial charge in [0.05, 0.1) is 12.8 Å². The predicted octanol–water partition coefficient (Wildman–Crippen LogP) is 3.21. The van der Waals surface area contributed by atoms with Crippen LogP contribution in [0.25, 0.3) is 11.3 Å². The molecule has 0 atom stereocenters. The van der Waals surface area contributed by atoms with Crippen molar-refractivity contribution in [1.29, 1.82) is 0 Å².